The lowest BCUT2D eigenvalue weighted by Gasteiger charge is -2.24. The predicted molar refractivity (Wildman–Crippen MR) is 128 cm³/mol. The van der Waals surface area contributed by atoms with Crippen LogP contribution < -0.4 is 5.32 Å². The van der Waals surface area contributed by atoms with Crippen LogP contribution in [-0.2, 0) is 6.42 Å². The molecule has 5 heteroatoms. The van der Waals surface area contributed by atoms with Gasteiger partial charge in [-0.3, -0.25) is 0 Å². The van der Waals surface area contributed by atoms with Gasteiger partial charge in [-0.2, -0.15) is 0 Å². The van der Waals surface area contributed by atoms with Crippen molar-refractivity contribution in [2.24, 2.45) is 0 Å². The van der Waals surface area contributed by atoms with E-state index in [-0.39, 0.29) is 35.9 Å². The van der Waals surface area contributed by atoms with Gasteiger partial charge < -0.3 is 20.6 Å². The van der Waals surface area contributed by atoms with Crippen molar-refractivity contribution < 1.29 is 15.3 Å². The van der Waals surface area contributed by atoms with Gasteiger partial charge in [-0.05, 0) is 67.1 Å². The van der Waals surface area contributed by atoms with Crippen LogP contribution in [0, 0.1) is 0 Å². The molecule has 3 rings (SSSR count). The Hall–Kier alpha value is -2.53. The van der Waals surface area contributed by atoms with Crippen LogP contribution in [-0.4, -0.2) is 34.0 Å². The van der Waals surface area contributed by atoms with Crippen molar-refractivity contribution in [1.29, 1.82) is 0 Å². The summed E-state index contributed by atoms with van der Waals surface area (Å²) in [6.07, 6.45) is 2.03. The standard InChI is InChI=1S/C26H31NO3.ClH/c1-19(27-18-25(30)12-7-20-5-3-2-4-6-20)17-26(21-8-13-23(28)14-9-21)22-10-15-24(29)16-11-22;/h2-6,8-11,13-16,19,25-30H,7,12,17-18H2,1H3;1H. The fourth-order valence-electron chi connectivity index (χ4n) is 3.73. The fraction of sp³-hybridized carbons (Fsp3) is 0.308. The molecule has 0 saturated heterocycles. The first-order valence-corrected chi connectivity index (χ1v) is 10.5. The molecule has 0 aliphatic heterocycles. The summed E-state index contributed by atoms with van der Waals surface area (Å²) in [5.74, 6) is 0.613. The lowest BCUT2D eigenvalue weighted by Crippen LogP contribution is -2.35. The van der Waals surface area contributed by atoms with Gasteiger partial charge >= 0.3 is 0 Å². The van der Waals surface area contributed by atoms with Crippen molar-refractivity contribution in [2.45, 2.75) is 44.2 Å². The van der Waals surface area contributed by atoms with Crippen molar-refractivity contribution in [3.63, 3.8) is 0 Å². The number of phenolic OH excluding ortho intramolecular Hbond substituents is 2. The topological polar surface area (TPSA) is 72.7 Å². The van der Waals surface area contributed by atoms with E-state index in [1.54, 1.807) is 24.3 Å². The van der Waals surface area contributed by atoms with E-state index in [9.17, 15) is 15.3 Å². The van der Waals surface area contributed by atoms with Gasteiger partial charge in [0.1, 0.15) is 11.5 Å². The van der Waals surface area contributed by atoms with Crippen molar-refractivity contribution in [2.75, 3.05) is 6.54 Å². The van der Waals surface area contributed by atoms with Crippen LogP contribution in [0.5, 0.6) is 11.5 Å². The summed E-state index contributed by atoms with van der Waals surface area (Å²) in [7, 11) is 0. The molecular weight excluding hydrogens is 410 g/mol. The highest BCUT2D eigenvalue weighted by Crippen LogP contribution is 2.31. The monoisotopic (exact) mass is 441 g/mol. The van der Waals surface area contributed by atoms with E-state index in [1.165, 1.54) is 5.56 Å². The summed E-state index contributed by atoms with van der Waals surface area (Å²) in [4.78, 5) is 0. The van der Waals surface area contributed by atoms with Crippen molar-refractivity contribution >= 4 is 12.4 Å². The Kier molecular flexibility index (Phi) is 9.86. The number of benzene rings is 3. The van der Waals surface area contributed by atoms with Crippen LogP contribution in [0.1, 0.15) is 42.4 Å². The SMILES string of the molecule is CC(CC(c1ccc(O)cc1)c1ccc(O)cc1)NCC(O)CCc1ccccc1.Cl. The number of hydrogen-bond acceptors (Lipinski definition) is 4. The van der Waals surface area contributed by atoms with Crippen LogP contribution in [0.3, 0.4) is 0 Å². The lowest BCUT2D eigenvalue weighted by molar-refractivity contribution is 0.157. The van der Waals surface area contributed by atoms with E-state index in [4.69, 9.17) is 0 Å². The highest BCUT2D eigenvalue weighted by atomic mass is 35.5. The number of hydrogen-bond donors (Lipinski definition) is 4. The van der Waals surface area contributed by atoms with E-state index in [0.717, 1.165) is 30.4 Å². The molecule has 0 aliphatic rings. The first-order valence-electron chi connectivity index (χ1n) is 10.5. The zero-order valence-electron chi connectivity index (χ0n) is 17.8. The molecule has 0 fully saturated rings. The van der Waals surface area contributed by atoms with Crippen molar-refractivity contribution in [3.8, 4) is 11.5 Å². The van der Waals surface area contributed by atoms with Crippen LogP contribution in [0.2, 0.25) is 0 Å². The Morgan fingerprint density at radius 1 is 0.774 bits per heavy atom. The Balaban J connectivity index is 0.00000341. The van der Waals surface area contributed by atoms with E-state index in [2.05, 4.69) is 24.4 Å². The molecule has 0 amide bonds. The van der Waals surface area contributed by atoms with E-state index in [0.29, 0.717) is 6.54 Å². The first-order chi connectivity index (χ1) is 14.5. The second-order valence-corrected chi connectivity index (χ2v) is 7.96. The van der Waals surface area contributed by atoms with Crippen LogP contribution in [0.15, 0.2) is 78.9 Å². The maximum absolute atomic E-state index is 10.4. The molecule has 166 valence electrons. The normalized spacial score (nSPS) is 12.9. The fourth-order valence-corrected chi connectivity index (χ4v) is 3.73. The third-order valence-corrected chi connectivity index (χ3v) is 5.49. The zero-order valence-corrected chi connectivity index (χ0v) is 18.6. The van der Waals surface area contributed by atoms with Crippen LogP contribution in [0.25, 0.3) is 0 Å². The Morgan fingerprint density at radius 3 is 1.81 bits per heavy atom. The minimum Gasteiger partial charge on any atom is -0.508 e. The van der Waals surface area contributed by atoms with E-state index < -0.39 is 6.10 Å². The molecule has 2 atom stereocenters. The summed E-state index contributed by atoms with van der Waals surface area (Å²) in [6, 6.07) is 25.0. The summed E-state index contributed by atoms with van der Waals surface area (Å²) in [5, 5.41) is 33.1. The highest BCUT2D eigenvalue weighted by Gasteiger charge is 2.18. The van der Waals surface area contributed by atoms with Gasteiger partial charge in [0, 0.05) is 18.5 Å². The molecule has 0 aliphatic carbocycles. The van der Waals surface area contributed by atoms with Crippen molar-refractivity contribution in [1.82, 2.24) is 5.32 Å². The maximum Gasteiger partial charge on any atom is 0.115 e. The summed E-state index contributed by atoms with van der Waals surface area (Å²) >= 11 is 0. The van der Waals surface area contributed by atoms with Gasteiger partial charge in [0.2, 0.25) is 0 Å². The Labute approximate surface area is 191 Å². The number of aliphatic hydroxyl groups is 1. The zero-order chi connectivity index (χ0) is 21.3. The van der Waals surface area contributed by atoms with Gasteiger partial charge in [-0.15, -0.1) is 12.4 Å². The molecule has 0 saturated carbocycles. The van der Waals surface area contributed by atoms with Gasteiger partial charge in [0.25, 0.3) is 0 Å². The lowest BCUT2D eigenvalue weighted by atomic mass is 9.86. The Morgan fingerprint density at radius 2 is 1.29 bits per heavy atom. The largest absolute Gasteiger partial charge is 0.508 e. The van der Waals surface area contributed by atoms with Crippen LogP contribution in [0.4, 0.5) is 0 Å². The number of aliphatic hydroxyl groups excluding tert-OH is 1. The molecule has 3 aromatic carbocycles. The predicted octanol–water partition coefficient (Wildman–Crippen LogP) is 5.01. The Bertz CT molecular complexity index is 839. The second kappa shape index (κ2) is 12.4. The molecule has 0 heterocycles. The van der Waals surface area contributed by atoms with Gasteiger partial charge in [0.15, 0.2) is 0 Å². The van der Waals surface area contributed by atoms with Gasteiger partial charge in [-0.25, -0.2) is 0 Å². The van der Waals surface area contributed by atoms with Crippen molar-refractivity contribution in [3.05, 3.63) is 95.6 Å². The molecular formula is C26H32ClNO3. The van der Waals surface area contributed by atoms with E-state index >= 15 is 0 Å². The number of aryl methyl sites for hydroxylation is 1. The molecule has 3 aromatic rings. The quantitative estimate of drug-likeness (QED) is 0.356. The molecule has 0 aromatic heterocycles. The molecule has 4 nitrogen and oxygen atoms in total. The van der Waals surface area contributed by atoms with Gasteiger partial charge in [0.05, 0.1) is 6.10 Å². The first kappa shape index (κ1) is 24.7. The third-order valence-electron chi connectivity index (χ3n) is 5.49. The maximum atomic E-state index is 10.4. The molecule has 4 N–H and O–H groups in total. The molecule has 0 spiro atoms. The molecule has 0 bridgehead atoms. The minimum absolute atomic E-state index is 0. The van der Waals surface area contributed by atoms with E-state index in [1.807, 2.05) is 42.5 Å². The number of rotatable bonds is 10. The average molecular weight is 442 g/mol. The summed E-state index contributed by atoms with van der Waals surface area (Å²) in [5.41, 5.74) is 3.46. The number of aromatic hydroxyl groups is 2. The molecule has 31 heavy (non-hydrogen) atoms. The number of nitrogens with one attached hydrogen (secondary N) is 1. The molecule has 0 radical (unpaired) electrons. The second-order valence-electron chi connectivity index (χ2n) is 7.96. The molecule has 2 unspecified atom stereocenters. The average Bonchev–Trinajstić information content (AvgIpc) is 2.77. The summed E-state index contributed by atoms with van der Waals surface area (Å²) in [6.45, 7) is 2.67. The summed E-state index contributed by atoms with van der Waals surface area (Å²) < 4.78 is 0. The third kappa shape index (κ3) is 7.91. The number of phenols is 2. The van der Waals surface area contributed by atoms with Gasteiger partial charge in [-0.1, -0.05) is 54.6 Å². The smallest absolute Gasteiger partial charge is 0.115 e. The minimum atomic E-state index is -0.395. The number of halogens is 1. The van der Waals surface area contributed by atoms with Crippen LogP contribution >= 0.6 is 12.4 Å². The highest BCUT2D eigenvalue weighted by molar-refractivity contribution is 5.85.